The van der Waals surface area contributed by atoms with Gasteiger partial charge in [-0.05, 0) is 58.7 Å². The van der Waals surface area contributed by atoms with E-state index < -0.39 is 0 Å². The molecule has 4 aromatic rings. The van der Waals surface area contributed by atoms with Crippen LogP contribution in [0.25, 0.3) is 22.3 Å². The molecule has 0 heterocycles. The molecular formula is C25H18O3. The summed E-state index contributed by atoms with van der Waals surface area (Å²) in [4.78, 5) is 13.1. The summed E-state index contributed by atoms with van der Waals surface area (Å²) in [6, 6.07) is 28.6. The van der Waals surface area contributed by atoms with Gasteiger partial charge in [0.15, 0.2) is 5.78 Å². The van der Waals surface area contributed by atoms with E-state index in [1.54, 1.807) is 30.3 Å². The predicted molar refractivity (Wildman–Crippen MR) is 111 cm³/mol. The Morgan fingerprint density at radius 3 is 1.96 bits per heavy atom. The molecule has 0 saturated heterocycles. The minimum Gasteiger partial charge on any atom is -0.508 e. The van der Waals surface area contributed by atoms with Gasteiger partial charge in [-0.3, -0.25) is 4.79 Å². The molecule has 0 amide bonds. The Hall–Kier alpha value is -3.85. The molecule has 0 aliphatic heterocycles. The van der Waals surface area contributed by atoms with Crippen LogP contribution < -0.4 is 0 Å². The first-order valence-corrected chi connectivity index (χ1v) is 8.95. The van der Waals surface area contributed by atoms with Gasteiger partial charge in [-0.25, -0.2) is 0 Å². The first-order valence-electron chi connectivity index (χ1n) is 8.95. The van der Waals surface area contributed by atoms with Crippen LogP contribution in [0.1, 0.15) is 15.9 Å². The number of aromatic hydroxyl groups is 2. The highest BCUT2D eigenvalue weighted by atomic mass is 16.3. The maximum atomic E-state index is 13.1. The van der Waals surface area contributed by atoms with Crippen molar-refractivity contribution in [3.63, 3.8) is 0 Å². The van der Waals surface area contributed by atoms with E-state index in [2.05, 4.69) is 0 Å². The number of phenolic OH excluding ortho intramolecular Hbond substituents is 2. The molecule has 0 spiro atoms. The Morgan fingerprint density at radius 1 is 0.571 bits per heavy atom. The van der Waals surface area contributed by atoms with Crippen LogP contribution in [0.5, 0.6) is 11.5 Å². The maximum absolute atomic E-state index is 13.1. The van der Waals surface area contributed by atoms with Crippen LogP contribution in [-0.4, -0.2) is 16.0 Å². The number of rotatable bonds is 4. The van der Waals surface area contributed by atoms with E-state index in [4.69, 9.17) is 0 Å². The summed E-state index contributed by atoms with van der Waals surface area (Å²) in [5.74, 6) is 0.115. The standard InChI is InChI=1S/C25H18O3/c26-19-12-10-18(11-13-19)25(28)23-9-5-4-8-22(23)24-16-20(27)14-15-21(24)17-6-2-1-3-7-17/h1-16,26-27H. The fourth-order valence-corrected chi connectivity index (χ4v) is 3.31. The van der Waals surface area contributed by atoms with Crippen molar-refractivity contribution >= 4 is 5.78 Å². The molecule has 3 nitrogen and oxygen atoms in total. The van der Waals surface area contributed by atoms with Crippen molar-refractivity contribution < 1.29 is 15.0 Å². The molecule has 0 aliphatic carbocycles. The number of hydrogen-bond acceptors (Lipinski definition) is 3. The number of ketones is 1. The predicted octanol–water partition coefficient (Wildman–Crippen LogP) is 5.66. The minimum absolute atomic E-state index is 0.115. The lowest BCUT2D eigenvalue weighted by Gasteiger charge is -2.14. The third-order valence-electron chi connectivity index (χ3n) is 4.68. The third-order valence-corrected chi connectivity index (χ3v) is 4.68. The Balaban J connectivity index is 1.89. The zero-order chi connectivity index (χ0) is 19.5. The lowest BCUT2D eigenvalue weighted by atomic mass is 9.89. The fraction of sp³-hybridized carbons (Fsp3) is 0. The first kappa shape index (κ1) is 17.6. The second-order valence-corrected chi connectivity index (χ2v) is 6.52. The van der Waals surface area contributed by atoms with Gasteiger partial charge < -0.3 is 10.2 Å². The molecule has 0 fully saturated rings. The van der Waals surface area contributed by atoms with Gasteiger partial charge in [-0.1, -0.05) is 60.7 Å². The van der Waals surface area contributed by atoms with Gasteiger partial charge in [-0.15, -0.1) is 0 Å². The summed E-state index contributed by atoms with van der Waals surface area (Å²) in [7, 11) is 0. The highest BCUT2D eigenvalue weighted by Crippen LogP contribution is 2.37. The Kier molecular flexibility index (Phi) is 4.65. The molecule has 3 heteroatoms. The lowest BCUT2D eigenvalue weighted by Crippen LogP contribution is -2.03. The molecular weight excluding hydrogens is 348 g/mol. The molecule has 2 N–H and O–H groups in total. The van der Waals surface area contributed by atoms with Crippen molar-refractivity contribution in [2.45, 2.75) is 0 Å². The molecule has 136 valence electrons. The molecule has 4 rings (SSSR count). The van der Waals surface area contributed by atoms with Crippen LogP contribution in [0.3, 0.4) is 0 Å². The molecule has 0 saturated carbocycles. The zero-order valence-electron chi connectivity index (χ0n) is 15.0. The average Bonchev–Trinajstić information content (AvgIpc) is 2.74. The minimum atomic E-state index is -0.141. The monoisotopic (exact) mass is 366 g/mol. The van der Waals surface area contributed by atoms with Crippen LogP contribution in [0, 0.1) is 0 Å². The number of hydrogen-bond donors (Lipinski definition) is 2. The third kappa shape index (κ3) is 3.38. The molecule has 0 radical (unpaired) electrons. The molecule has 0 aromatic heterocycles. The number of benzene rings is 4. The van der Waals surface area contributed by atoms with Gasteiger partial charge in [0.05, 0.1) is 0 Å². The lowest BCUT2D eigenvalue weighted by molar-refractivity contribution is 0.103. The average molecular weight is 366 g/mol. The van der Waals surface area contributed by atoms with Gasteiger partial charge in [0.1, 0.15) is 11.5 Å². The summed E-state index contributed by atoms with van der Waals surface area (Å²) in [5.41, 5.74) is 4.50. The first-order chi connectivity index (χ1) is 13.6. The normalized spacial score (nSPS) is 10.6. The van der Waals surface area contributed by atoms with Crippen LogP contribution in [0.4, 0.5) is 0 Å². The maximum Gasteiger partial charge on any atom is 0.193 e. The molecule has 0 unspecified atom stereocenters. The highest BCUT2D eigenvalue weighted by Gasteiger charge is 2.17. The zero-order valence-corrected chi connectivity index (χ0v) is 15.0. The second kappa shape index (κ2) is 7.41. The Bertz CT molecular complexity index is 1130. The summed E-state index contributed by atoms with van der Waals surface area (Å²) in [6.45, 7) is 0. The molecule has 4 aromatic carbocycles. The topological polar surface area (TPSA) is 57.5 Å². The van der Waals surface area contributed by atoms with Gasteiger partial charge in [0, 0.05) is 11.1 Å². The largest absolute Gasteiger partial charge is 0.508 e. The quantitative estimate of drug-likeness (QED) is 0.458. The highest BCUT2D eigenvalue weighted by molar-refractivity contribution is 6.13. The molecule has 0 bridgehead atoms. The van der Waals surface area contributed by atoms with Crippen LogP contribution in [0.15, 0.2) is 97.1 Å². The summed E-state index contributed by atoms with van der Waals surface area (Å²) >= 11 is 0. The molecule has 0 aliphatic rings. The van der Waals surface area contributed by atoms with Gasteiger partial charge >= 0.3 is 0 Å². The smallest absolute Gasteiger partial charge is 0.193 e. The Labute approximate surface area is 163 Å². The molecule has 0 atom stereocenters. The SMILES string of the molecule is O=C(c1ccc(O)cc1)c1ccccc1-c1cc(O)ccc1-c1ccccc1. The van der Waals surface area contributed by atoms with Crippen molar-refractivity contribution in [2.24, 2.45) is 0 Å². The van der Waals surface area contributed by atoms with E-state index in [0.717, 1.165) is 22.3 Å². The van der Waals surface area contributed by atoms with Gasteiger partial charge in [-0.2, -0.15) is 0 Å². The van der Waals surface area contributed by atoms with Crippen molar-refractivity contribution in [1.82, 2.24) is 0 Å². The second-order valence-electron chi connectivity index (χ2n) is 6.52. The van der Waals surface area contributed by atoms with E-state index >= 15 is 0 Å². The summed E-state index contributed by atoms with van der Waals surface area (Å²) in [5, 5.41) is 19.6. The van der Waals surface area contributed by atoms with E-state index in [1.807, 2.05) is 54.6 Å². The van der Waals surface area contributed by atoms with Crippen molar-refractivity contribution in [2.75, 3.05) is 0 Å². The van der Waals surface area contributed by atoms with Crippen LogP contribution in [0.2, 0.25) is 0 Å². The van der Waals surface area contributed by atoms with E-state index in [0.29, 0.717) is 11.1 Å². The van der Waals surface area contributed by atoms with Crippen molar-refractivity contribution in [3.8, 4) is 33.8 Å². The van der Waals surface area contributed by atoms with E-state index in [1.165, 1.54) is 12.1 Å². The van der Waals surface area contributed by atoms with E-state index in [-0.39, 0.29) is 17.3 Å². The van der Waals surface area contributed by atoms with Crippen LogP contribution >= 0.6 is 0 Å². The number of carbonyl (C=O) groups is 1. The van der Waals surface area contributed by atoms with Crippen LogP contribution in [-0.2, 0) is 0 Å². The number of carbonyl (C=O) groups excluding carboxylic acids is 1. The van der Waals surface area contributed by atoms with E-state index in [9.17, 15) is 15.0 Å². The van der Waals surface area contributed by atoms with Gasteiger partial charge in [0.25, 0.3) is 0 Å². The van der Waals surface area contributed by atoms with Gasteiger partial charge in [0.2, 0.25) is 0 Å². The summed E-state index contributed by atoms with van der Waals surface area (Å²) in [6.07, 6.45) is 0. The number of phenols is 2. The van der Waals surface area contributed by atoms with Crippen molar-refractivity contribution in [3.05, 3.63) is 108 Å². The fourth-order valence-electron chi connectivity index (χ4n) is 3.31. The Morgan fingerprint density at radius 2 is 1.21 bits per heavy atom. The molecule has 28 heavy (non-hydrogen) atoms. The van der Waals surface area contributed by atoms with Crippen molar-refractivity contribution in [1.29, 1.82) is 0 Å². The summed E-state index contributed by atoms with van der Waals surface area (Å²) < 4.78 is 0.